The van der Waals surface area contributed by atoms with Gasteiger partial charge in [0.2, 0.25) is 0 Å². The second kappa shape index (κ2) is 4.68. The fourth-order valence-corrected chi connectivity index (χ4v) is 1.35. The standard InChI is InChI=1S/C11H16N2O2/c1-12-8-5-6-10(13(2)3)9(7-8)11(14)15-4/h5-7,12H,1-4H3. The van der Waals surface area contributed by atoms with Crippen molar-refractivity contribution >= 4 is 17.3 Å². The first-order chi connectivity index (χ1) is 7.10. The van der Waals surface area contributed by atoms with Crippen LogP contribution in [0.5, 0.6) is 0 Å². The maximum atomic E-state index is 11.5. The van der Waals surface area contributed by atoms with Gasteiger partial charge in [0, 0.05) is 26.8 Å². The lowest BCUT2D eigenvalue weighted by Gasteiger charge is -2.17. The summed E-state index contributed by atoms with van der Waals surface area (Å²) in [4.78, 5) is 13.4. The number of carbonyl (C=O) groups excluding carboxylic acids is 1. The Bertz CT molecular complexity index is 362. The number of anilines is 2. The van der Waals surface area contributed by atoms with E-state index >= 15 is 0 Å². The monoisotopic (exact) mass is 208 g/mol. The number of ether oxygens (including phenoxy) is 1. The predicted octanol–water partition coefficient (Wildman–Crippen LogP) is 1.58. The summed E-state index contributed by atoms with van der Waals surface area (Å²) in [5.74, 6) is -0.323. The van der Waals surface area contributed by atoms with Crippen LogP contribution in [0.1, 0.15) is 10.4 Å². The molecule has 0 unspecified atom stereocenters. The summed E-state index contributed by atoms with van der Waals surface area (Å²) in [6, 6.07) is 5.58. The van der Waals surface area contributed by atoms with Gasteiger partial charge in [-0.05, 0) is 18.2 Å². The van der Waals surface area contributed by atoms with Crippen molar-refractivity contribution in [2.24, 2.45) is 0 Å². The van der Waals surface area contributed by atoms with E-state index in [1.54, 1.807) is 6.07 Å². The number of nitrogens with one attached hydrogen (secondary N) is 1. The van der Waals surface area contributed by atoms with E-state index in [0.29, 0.717) is 5.56 Å². The largest absolute Gasteiger partial charge is 0.465 e. The van der Waals surface area contributed by atoms with Crippen molar-refractivity contribution in [1.82, 2.24) is 0 Å². The SMILES string of the molecule is CNc1ccc(N(C)C)c(C(=O)OC)c1. The zero-order valence-corrected chi connectivity index (χ0v) is 9.50. The van der Waals surface area contributed by atoms with Crippen LogP contribution >= 0.6 is 0 Å². The number of esters is 1. The Labute approximate surface area is 89.8 Å². The van der Waals surface area contributed by atoms with Crippen LogP contribution in [0, 0.1) is 0 Å². The molecule has 0 aliphatic rings. The van der Waals surface area contributed by atoms with Crippen molar-refractivity contribution in [2.45, 2.75) is 0 Å². The molecule has 0 bridgehead atoms. The van der Waals surface area contributed by atoms with Crippen molar-refractivity contribution < 1.29 is 9.53 Å². The molecule has 0 amide bonds. The van der Waals surface area contributed by atoms with Crippen molar-refractivity contribution in [2.75, 3.05) is 38.5 Å². The highest BCUT2D eigenvalue weighted by Gasteiger charge is 2.13. The van der Waals surface area contributed by atoms with Crippen molar-refractivity contribution in [3.05, 3.63) is 23.8 Å². The van der Waals surface area contributed by atoms with E-state index in [9.17, 15) is 4.79 Å². The molecule has 0 atom stereocenters. The molecule has 1 aromatic carbocycles. The summed E-state index contributed by atoms with van der Waals surface area (Å²) in [5.41, 5.74) is 2.30. The van der Waals surface area contributed by atoms with Crippen LogP contribution in [-0.4, -0.2) is 34.2 Å². The Morgan fingerprint density at radius 2 is 2.07 bits per heavy atom. The lowest BCUT2D eigenvalue weighted by atomic mass is 10.1. The molecule has 0 radical (unpaired) electrons. The van der Waals surface area contributed by atoms with E-state index in [4.69, 9.17) is 4.74 Å². The van der Waals surface area contributed by atoms with Crippen LogP contribution in [0.4, 0.5) is 11.4 Å². The number of rotatable bonds is 3. The summed E-state index contributed by atoms with van der Waals surface area (Å²) in [6.45, 7) is 0. The first kappa shape index (κ1) is 11.4. The maximum absolute atomic E-state index is 11.5. The van der Waals surface area contributed by atoms with E-state index < -0.39 is 0 Å². The number of methoxy groups -OCH3 is 1. The minimum atomic E-state index is -0.323. The summed E-state index contributed by atoms with van der Waals surface area (Å²) in [7, 11) is 6.97. The molecule has 1 aromatic rings. The van der Waals surface area contributed by atoms with Crippen molar-refractivity contribution in [3.63, 3.8) is 0 Å². The van der Waals surface area contributed by atoms with Crippen molar-refractivity contribution in [1.29, 1.82) is 0 Å². The fraction of sp³-hybridized carbons (Fsp3) is 0.364. The maximum Gasteiger partial charge on any atom is 0.340 e. The molecular formula is C11H16N2O2. The number of carbonyl (C=O) groups is 1. The molecular weight excluding hydrogens is 192 g/mol. The van der Waals surface area contributed by atoms with Gasteiger partial charge in [0.05, 0.1) is 18.4 Å². The normalized spacial score (nSPS) is 9.60. The average Bonchev–Trinajstić information content (AvgIpc) is 2.26. The van der Waals surface area contributed by atoms with Gasteiger partial charge >= 0.3 is 5.97 Å². The summed E-state index contributed by atoms with van der Waals surface area (Å²) >= 11 is 0. The van der Waals surface area contributed by atoms with Gasteiger partial charge in [0.25, 0.3) is 0 Å². The van der Waals surface area contributed by atoms with Gasteiger partial charge < -0.3 is 15.0 Å². The Morgan fingerprint density at radius 1 is 1.40 bits per heavy atom. The first-order valence-corrected chi connectivity index (χ1v) is 4.67. The van der Waals surface area contributed by atoms with Crippen LogP contribution < -0.4 is 10.2 Å². The van der Waals surface area contributed by atoms with Crippen LogP contribution in [0.2, 0.25) is 0 Å². The molecule has 0 aromatic heterocycles. The highest BCUT2D eigenvalue weighted by Crippen LogP contribution is 2.23. The van der Waals surface area contributed by atoms with Gasteiger partial charge in [-0.2, -0.15) is 0 Å². The summed E-state index contributed by atoms with van der Waals surface area (Å²) in [5, 5.41) is 2.99. The Morgan fingerprint density at radius 3 is 2.53 bits per heavy atom. The Kier molecular flexibility index (Phi) is 3.55. The zero-order chi connectivity index (χ0) is 11.4. The summed E-state index contributed by atoms with van der Waals surface area (Å²) < 4.78 is 4.73. The van der Waals surface area contributed by atoms with Gasteiger partial charge in [-0.1, -0.05) is 0 Å². The second-order valence-corrected chi connectivity index (χ2v) is 3.37. The molecule has 0 aliphatic carbocycles. The average molecular weight is 208 g/mol. The fourth-order valence-electron chi connectivity index (χ4n) is 1.35. The smallest absolute Gasteiger partial charge is 0.340 e. The van der Waals surface area contributed by atoms with Gasteiger partial charge in [0.1, 0.15) is 0 Å². The number of nitrogens with zero attached hydrogens (tertiary/aromatic N) is 1. The van der Waals surface area contributed by atoms with Crippen LogP contribution in [0.3, 0.4) is 0 Å². The highest BCUT2D eigenvalue weighted by molar-refractivity contribution is 5.96. The second-order valence-electron chi connectivity index (χ2n) is 3.37. The molecule has 0 saturated heterocycles. The zero-order valence-electron chi connectivity index (χ0n) is 9.50. The van der Waals surface area contributed by atoms with E-state index in [2.05, 4.69) is 5.32 Å². The molecule has 4 heteroatoms. The minimum absolute atomic E-state index is 0.323. The molecule has 0 spiro atoms. The lowest BCUT2D eigenvalue weighted by molar-refractivity contribution is 0.0601. The molecule has 1 rings (SSSR count). The number of hydrogen-bond acceptors (Lipinski definition) is 4. The third-order valence-corrected chi connectivity index (χ3v) is 2.17. The van der Waals surface area contributed by atoms with E-state index in [1.165, 1.54) is 7.11 Å². The summed E-state index contributed by atoms with van der Waals surface area (Å²) in [6.07, 6.45) is 0. The third kappa shape index (κ3) is 2.40. The van der Waals surface area contributed by atoms with Crippen LogP contribution in [0.15, 0.2) is 18.2 Å². The molecule has 4 nitrogen and oxygen atoms in total. The van der Waals surface area contributed by atoms with Crippen molar-refractivity contribution in [3.8, 4) is 0 Å². The van der Waals surface area contributed by atoms with E-state index in [-0.39, 0.29) is 5.97 Å². The minimum Gasteiger partial charge on any atom is -0.465 e. The lowest BCUT2D eigenvalue weighted by Crippen LogP contribution is -2.15. The molecule has 1 N–H and O–H groups in total. The van der Waals surface area contributed by atoms with Gasteiger partial charge in [-0.25, -0.2) is 4.79 Å². The van der Waals surface area contributed by atoms with Crippen LogP contribution in [0.25, 0.3) is 0 Å². The van der Waals surface area contributed by atoms with E-state index in [0.717, 1.165) is 11.4 Å². The molecule has 0 fully saturated rings. The Balaban J connectivity index is 3.22. The number of hydrogen-bond donors (Lipinski definition) is 1. The number of benzene rings is 1. The van der Waals surface area contributed by atoms with Gasteiger partial charge in [-0.3, -0.25) is 0 Å². The molecule has 15 heavy (non-hydrogen) atoms. The van der Waals surface area contributed by atoms with Gasteiger partial charge in [-0.15, -0.1) is 0 Å². The predicted molar refractivity (Wildman–Crippen MR) is 61.7 cm³/mol. The van der Waals surface area contributed by atoms with E-state index in [1.807, 2.05) is 38.2 Å². The quantitative estimate of drug-likeness (QED) is 0.766. The van der Waals surface area contributed by atoms with Crippen LogP contribution in [-0.2, 0) is 4.74 Å². The molecule has 82 valence electrons. The topological polar surface area (TPSA) is 41.6 Å². The highest BCUT2D eigenvalue weighted by atomic mass is 16.5. The van der Waals surface area contributed by atoms with Gasteiger partial charge in [0.15, 0.2) is 0 Å². The Hall–Kier alpha value is -1.71. The molecule has 0 heterocycles. The third-order valence-electron chi connectivity index (χ3n) is 2.17. The molecule has 0 saturated carbocycles. The first-order valence-electron chi connectivity index (χ1n) is 4.67. The molecule has 0 aliphatic heterocycles.